The van der Waals surface area contributed by atoms with Gasteiger partial charge in [-0.15, -0.1) is 11.3 Å². The molecule has 2 nitrogen and oxygen atoms in total. The standard InChI is InChI=1S/C11H13ClO2S/c12-10-2-1-9(15-10)7-11(8-13)3-5-14-6-4-11/h1-2,8H,3-7H2. The van der Waals surface area contributed by atoms with E-state index in [1.165, 1.54) is 4.88 Å². The molecule has 0 atom stereocenters. The van der Waals surface area contributed by atoms with Crippen LogP contribution in [0.25, 0.3) is 0 Å². The van der Waals surface area contributed by atoms with E-state index in [-0.39, 0.29) is 5.41 Å². The molecule has 1 fully saturated rings. The zero-order valence-corrected chi connectivity index (χ0v) is 9.94. The van der Waals surface area contributed by atoms with Gasteiger partial charge in [-0.25, -0.2) is 0 Å². The molecule has 0 amide bonds. The largest absolute Gasteiger partial charge is 0.381 e. The fourth-order valence-corrected chi connectivity index (χ4v) is 3.15. The number of carbonyl (C=O) groups is 1. The van der Waals surface area contributed by atoms with Gasteiger partial charge in [-0.1, -0.05) is 11.6 Å². The highest BCUT2D eigenvalue weighted by Gasteiger charge is 2.32. The van der Waals surface area contributed by atoms with Gasteiger partial charge in [-0.2, -0.15) is 0 Å². The first-order chi connectivity index (χ1) is 7.24. The molecule has 1 aromatic heterocycles. The molecule has 82 valence electrons. The van der Waals surface area contributed by atoms with Gasteiger partial charge < -0.3 is 9.53 Å². The highest BCUT2D eigenvalue weighted by molar-refractivity contribution is 7.16. The van der Waals surface area contributed by atoms with Crippen molar-refractivity contribution in [2.45, 2.75) is 19.3 Å². The predicted octanol–water partition coefficient (Wildman–Crippen LogP) is 2.94. The third kappa shape index (κ3) is 2.60. The van der Waals surface area contributed by atoms with Crippen LogP contribution in [0.2, 0.25) is 4.34 Å². The predicted molar refractivity (Wildman–Crippen MR) is 61.6 cm³/mol. The first-order valence-corrected chi connectivity index (χ1v) is 6.22. The first-order valence-electron chi connectivity index (χ1n) is 5.02. The number of hydrogen-bond acceptors (Lipinski definition) is 3. The Morgan fingerprint density at radius 3 is 2.73 bits per heavy atom. The normalized spacial score (nSPS) is 20.1. The lowest BCUT2D eigenvalue weighted by molar-refractivity contribution is -0.121. The Labute approximate surface area is 98.2 Å². The second kappa shape index (κ2) is 4.64. The maximum atomic E-state index is 11.2. The average Bonchev–Trinajstić information content (AvgIpc) is 2.65. The van der Waals surface area contributed by atoms with E-state index in [0.717, 1.165) is 29.9 Å². The van der Waals surface area contributed by atoms with Gasteiger partial charge in [-0.05, 0) is 31.4 Å². The Hall–Kier alpha value is -0.380. The summed E-state index contributed by atoms with van der Waals surface area (Å²) in [6.07, 6.45) is 3.55. The van der Waals surface area contributed by atoms with Gasteiger partial charge in [0.1, 0.15) is 6.29 Å². The summed E-state index contributed by atoms with van der Waals surface area (Å²) in [5, 5.41) is 0. The number of rotatable bonds is 3. The summed E-state index contributed by atoms with van der Waals surface area (Å²) in [4.78, 5) is 12.4. The molecule has 0 radical (unpaired) electrons. The molecular weight excluding hydrogens is 232 g/mol. The molecule has 2 heterocycles. The summed E-state index contributed by atoms with van der Waals surface area (Å²) in [6.45, 7) is 1.38. The summed E-state index contributed by atoms with van der Waals surface area (Å²) < 4.78 is 6.08. The second-order valence-electron chi connectivity index (χ2n) is 3.98. The summed E-state index contributed by atoms with van der Waals surface area (Å²) in [5.41, 5.74) is -0.216. The van der Waals surface area contributed by atoms with Crippen LogP contribution in [0, 0.1) is 5.41 Å². The third-order valence-electron chi connectivity index (χ3n) is 2.89. The van der Waals surface area contributed by atoms with Gasteiger partial charge in [0.05, 0.1) is 4.34 Å². The fourth-order valence-electron chi connectivity index (χ4n) is 1.91. The van der Waals surface area contributed by atoms with Crippen molar-refractivity contribution in [3.05, 3.63) is 21.3 Å². The summed E-state index contributed by atoms with van der Waals surface area (Å²) in [5.74, 6) is 0. The van der Waals surface area contributed by atoms with E-state index in [0.29, 0.717) is 13.2 Å². The minimum absolute atomic E-state index is 0.216. The summed E-state index contributed by atoms with van der Waals surface area (Å²) in [7, 11) is 0. The topological polar surface area (TPSA) is 26.3 Å². The van der Waals surface area contributed by atoms with Gasteiger partial charge in [0.2, 0.25) is 0 Å². The molecule has 1 aliphatic heterocycles. The van der Waals surface area contributed by atoms with Gasteiger partial charge in [0.15, 0.2) is 0 Å². The molecule has 1 aromatic rings. The lowest BCUT2D eigenvalue weighted by Crippen LogP contribution is -2.32. The Bertz CT molecular complexity index is 342. The van der Waals surface area contributed by atoms with Crippen molar-refractivity contribution in [2.24, 2.45) is 5.41 Å². The SMILES string of the molecule is O=CC1(Cc2ccc(Cl)s2)CCOCC1. The molecule has 2 rings (SSSR count). The zero-order valence-electron chi connectivity index (χ0n) is 8.37. The smallest absolute Gasteiger partial charge is 0.126 e. The van der Waals surface area contributed by atoms with Crippen LogP contribution in [-0.4, -0.2) is 19.5 Å². The van der Waals surface area contributed by atoms with Crippen molar-refractivity contribution in [1.82, 2.24) is 0 Å². The van der Waals surface area contributed by atoms with Crippen LogP contribution in [-0.2, 0) is 16.0 Å². The van der Waals surface area contributed by atoms with Crippen molar-refractivity contribution in [3.63, 3.8) is 0 Å². The van der Waals surface area contributed by atoms with E-state index in [1.54, 1.807) is 11.3 Å². The van der Waals surface area contributed by atoms with Gasteiger partial charge in [0.25, 0.3) is 0 Å². The molecule has 0 bridgehead atoms. The van der Waals surface area contributed by atoms with E-state index in [4.69, 9.17) is 16.3 Å². The lowest BCUT2D eigenvalue weighted by atomic mass is 9.78. The molecule has 1 saturated heterocycles. The fraction of sp³-hybridized carbons (Fsp3) is 0.545. The number of carbonyl (C=O) groups excluding carboxylic acids is 1. The van der Waals surface area contributed by atoms with Gasteiger partial charge in [0, 0.05) is 23.5 Å². The third-order valence-corrected chi connectivity index (χ3v) is 4.12. The van der Waals surface area contributed by atoms with Crippen molar-refractivity contribution >= 4 is 29.2 Å². The maximum Gasteiger partial charge on any atom is 0.126 e. The quantitative estimate of drug-likeness (QED) is 0.765. The Morgan fingerprint density at radius 1 is 1.47 bits per heavy atom. The van der Waals surface area contributed by atoms with Crippen molar-refractivity contribution < 1.29 is 9.53 Å². The lowest BCUT2D eigenvalue weighted by Gasteiger charge is -2.31. The number of halogens is 1. The molecule has 4 heteroatoms. The average molecular weight is 245 g/mol. The highest BCUT2D eigenvalue weighted by atomic mass is 35.5. The summed E-state index contributed by atoms with van der Waals surface area (Å²) in [6, 6.07) is 3.90. The number of ether oxygens (including phenoxy) is 1. The van der Waals surface area contributed by atoms with Gasteiger partial charge in [-0.3, -0.25) is 0 Å². The van der Waals surface area contributed by atoms with E-state index < -0.39 is 0 Å². The van der Waals surface area contributed by atoms with Crippen molar-refractivity contribution in [1.29, 1.82) is 0 Å². The van der Waals surface area contributed by atoms with E-state index in [9.17, 15) is 4.79 Å². The van der Waals surface area contributed by atoms with Crippen LogP contribution in [0.15, 0.2) is 12.1 Å². The molecule has 0 N–H and O–H groups in total. The number of hydrogen-bond donors (Lipinski definition) is 0. The van der Waals surface area contributed by atoms with E-state index >= 15 is 0 Å². The molecular formula is C11H13ClO2S. The number of thiophene rings is 1. The zero-order chi connectivity index (χ0) is 10.7. The van der Waals surface area contributed by atoms with E-state index in [1.807, 2.05) is 12.1 Å². The van der Waals surface area contributed by atoms with Crippen LogP contribution in [0.1, 0.15) is 17.7 Å². The minimum Gasteiger partial charge on any atom is -0.381 e. The number of aldehydes is 1. The van der Waals surface area contributed by atoms with Crippen LogP contribution in [0.5, 0.6) is 0 Å². The van der Waals surface area contributed by atoms with Crippen LogP contribution < -0.4 is 0 Å². The molecule has 0 unspecified atom stereocenters. The molecule has 0 spiro atoms. The molecule has 15 heavy (non-hydrogen) atoms. The second-order valence-corrected chi connectivity index (χ2v) is 5.77. The van der Waals surface area contributed by atoms with Crippen molar-refractivity contribution in [2.75, 3.05) is 13.2 Å². The monoisotopic (exact) mass is 244 g/mol. The van der Waals surface area contributed by atoms with Crippen LogP contribution in [0.4, 0.5) is 0 Å². The molecule has 0 saturated carbocycles. The molecule has 1 aliphatic rings. The highest BCUT2D eigenvalue weighted by Crippen LogP contribution is 2.35. The molecule has 0 aliphatic carbocycles. The Kier molecular flexibility index (Phi) is 3.44. The minimum atomic E-state index is -0.216. The Morgan fingerprint density at radius 2 is 2.20 bits per heavy atom. The van der Waals surface area contributed by atoms with Gasteiger partial charge >= 0.3 is 0 Å². The molecule has 0 aromatic carbocycles. The van der Waals surface area contributed by atoms with Crippen LogP contribution >= 0.6 is 22.9 Å². The van der Waals surface area contributed by atoms with Crippen molar-refractivity contribution in [3.8, 4) is 0 Å². The Balaban J connectivity index is 2.10. The van der Waals surface area contributed by atoms with E-state index in [2.05, 4.69) is 0 Å². The summed E-state index contributed by atoms with van der Waals surface area (Å²) >= 11 is 7.43. The van der Waals surface area contributed by atoms with Crippen LogP contribution in [0.3, 0.4) is 0 Å². The first kappa shape index (κ1) is 11.1. The maximum absolute atomic E-state index is 11.2.